The summed E-state index contributed by atoms with van der Waals surface area (Å²) in [6.07, 6.45) is 3.03. The summed E-state index contributed by atoms with van der Waals surface area (Å²) in [6, 6.07) is 0. The zero-order valence-corrected chi connectivity index (χ0v) is 8.68. The standard InChI is InChI=1S/C10H17NO2/c1-5-6-9(13)11-7-8(12)10(2,3)4/h5-6H,7H2,1-4H3,(H,11,13)/b6-5-. The summed E-state index contributed by atoms with van der Waals surface area (Å²) in [5.74, 6) is -0.189. The van der Waals surface area contributed by atoms with E-state index in [1.807, 2.05) is 20.8 Å². The lowest BCUT2D eigenvalue weighted by molar-refractivity contribution is -0.127. The third-order valence-electron chi connectivity index (χ3n) is 1.58. The minimum atomic E-state index is -0.386. The topological polar surface area (TPSA) is 46.2 Å². The molecule has 0 heterocycles. The fourth-order valence-electron chi connectivity index (χ4n) is 0.643. The first-order chi connectivity index (χ1) is 5.88. The molecule has 0 saturated carbocycles. The molecule has 0 aliphatic carbocycles. The highest BCUT2D eigenvalue weighted by atomic mass is 16.2. The highest BCUT2D eigenvalue weighted by Gasteiger charge is 2.20. The van der Waals surface area contributed by atoms with E-state index in [9.17, 15) is 9.59 Å². The van der Waals surface area contributed by atoms with Crippen LogP contribution in [0.4, 0.5) is 0 Å². The number of allylic oxidation sites excluding steroid dienone is 1. The van der Waals surface area contributed by atoms with Crippen molar-refractivity contribution in [3.05, 3.63) is 12.2 Å². The van der Waals surface area contributed by atoms with Gasteiger partial charge in [0, 0.05) is 5.41 Å². The van der Waals surface area contributed by atoms with Gasteiger partial charge in [0.1, 0.15) is 0 Å². The Kier molecular flexibility index (Phi) is 4.38. The van der Waals surface area contributed by atoms with Crippen molar-refractivity contribution in [2.45, 2.75) is 27.7 Å². The van der Waals surface area contributed by atoms with Gasteiger partial charge in [0.25, 0.3) is 0 Å². The summed E-state index contributed by atoms with van der Waals surface area (Å²) in [6.45, 7) is 7.35. The van der Waals surface area contributed by atoms with E-state index < -0.39 is 0 Å². The van der Waals surface area contributed by atoms with Gasteiger partial charge in [-0.15, -0.1) is 0 Å². The lowest BCUT2D eigenvalue weighted by atomic mass is 9.91. The summed E-state index contributed by atoms with van der Waals surface area (Å²) < 4.78 is 0. The largest absolute Gasteiger partial charge is 0.345 e. The van der Waals surface area contributed by atoms with E-state index in [2.05, 4.69) is 5.32 Å². The lowest BCUT2D eigenvalue weighted by Gasteiger charge is -2.16. The Bertz CT molecular complexity index is 224. The third kappa shape index (κ3) is 5.17. The van der Waals surface area contributed by atoms with Crippen LogP contribution in [0.25, 0.3) is 0 Å². The van der Waals surface area contributed by atoms with Crippen LogP contribution in [0.1, 0.15) is 27.7 Å². The first-order valence-electron chi connectivity index (χ1n) is 4.31. The van der Waals surface area contributed by atoms with Gasteiger partial charge in [0.05, 0.1) is 6.54 Å². The second-order valence-electron chi connectivity index (χ2n) is 3.89. The van der Waals surface area contributed by atoms with Crippen LogP contribution in [0.5, 0.6) is 0 Å². The molecule has 0 unspecified atom stereocenters. The van der Waals surface area contributed by atoms with Crippen LogP contribution >= 0.6 is 0 Å². The normalized spacial score (nSPS) is 11.7. The molecule has 1 N–H and O–H groups in total. The van der Waals surface area contributed by atoms with Crippen molar-refractivity contribution in [2.75, 3.05) is 6.54 Å². The van der Waals surface area contributed by atoms with Gasteiger partial charge in [0.15, 0.2) is 5.78 Å². The number of rotatable bonds is 3. The number of amides is 1. The Hall–Kier alpha value is -1.12. The average Bonchev–Trinajstić information content (AvgIpc) is 1.99. The quantitative estimate of drug-likeness (QED) is 0.670. The van der Waals surface area contributed by atoms with Gasteiger partial charge in [-0.1, -0.05) is 26.8 Å². The van der Waals surface area contributed by atoms with Crippen LogP contribution in [0.15, 0.2) is 12.2 Å². The van der Waals surface area contributed by atoms with Gasteiger partial charge in [-0.2, -0.15) is 0 Å². The number of ketones is 1. The number of hydrogen-bond acceptors (Lipinski definition) is 2. The van der Waals surface area contributed by atoms with E-state index in [0.29, 0.717) is 0 Å². The van der Waals surface area contributed by atoms with E-state index >= 15 is 0 Å². The fraction of sp³-hybridized carbons (Fsp3) is 0.600. The molecule has 1 amide bonds. The molecule has 74 valence electrons. The molecule has 0 aliphatic heterocycles. The van der Waals surface area contributed by atoms with Crippen LogP contribution in [-0.4, -0.2) is 18.2 Å². The Balaban J connectivity index is 3.91. The van der Waals surface area contributed by atoms with Crippen LogP contribution in [0, 0.1) is 5.41 Å². The summed E-state index contributed by atoms with van der Waals surface area (Å²) >= 11 is 0. The van der Waals surface area contributed by atoms with Gasteiger partial charge in [-0.25, -0.2) is 0 Å². The molecule has 0 aliphatic rings. The van der Waals surface area contributed by atoms with Crippen LogP contribution in [0.3, 0.4) is 0 Å². The van der Waals surface area contributed by atoms with Gasteiger partial charge in [-0.05, 0) is 13.0 Å². The molecule has 0 spiro atoms. The van der Waals surface area contributed by atoms with Gasteiger partial charge >= 0.3 is 0 Å². The zero-order valence-electron chi connectivity index (χ0n) is 8.68. The predicted octanol–water partition coefficient (Wildman–Crippen LogP) is 1.29. The maximum atomic E-state index is 11.3. The van der Waals surface area contributed by atoms with Crippen molar-refractivity contribution >= 4 is 11.7 Å². The van der Waals surface area contributed by atoms with Gasteiger partial charge in [-0.3, -0.25) is 9.59 Å². The molecule has 13 heavy (non-hydrogen) atoms. The molecular formula is C10H17NO2. The minimum absolute atomic E-state index is 0.0327. The van der Waals surface area contributed by atoms with E-state index in [1.54, 1.807) is 13.0 Å². The second-order valence-corrected chi connectivity index (χ2v) is 3.89. The molecule has 0 aromatic carbocycles. The molecular weight excluding hydrogens is 166 g/mol. The highest BCUT2D eigenvalue weighted by molar-refractivity contribution is 5.93. The Morgan fingerprint density at radius 1 is 1.31 bits per heavy atom. The smallest absolute Gasteiger partial charge is 0.244 e. The van der Waals surface area contributed by atoms with Crippen molar-refractivity contribution in [1.82, 2.24) is 5.32 Å². The molecule has 3 nitrogen and oxygen atoms in total. The summed E-state index contributed by atoms with van der Waals surface area (Å²) in [5, 5.41) is 2.51. The van der Waals surface area contributed by atoms with Crippen LogP contribution in [0.2, 0.25) is 0 Å². The summed E-state index contributed by atoms with van der Waals surface area (Å²) in [4.78, 5) is 22.3. The summed E-state index contributed by atoms with van der Waals surface area (Å²) in [5.41, 5.74) is -0.386. The molecule has 0 aromatic rings. The number of nitrogens with one attached hydrogen (secondary N) is 1. The van der Waals surface area contributed by atoms with Crippen molar-refractivity contribution in [1.29, 1.82) is 0 Å². The molecule has 0 fully saturated rings. The predicted molar refractivity (Wildman–Crippen MR) is 52.3 cm³/mol. The molecule has 0 radical (unpaired) electrons. The molecule has 0 aromatic heterocycles. The maximum Gasteiger partial charge on any atom is 0.244 e. The van der Waals surface area contributed by atoms with Gasteiger partial charge in [0.2, 0.25) is 5.91 Å². The monoisotopic (exact) mass is 183 g/mol. The summed E-state index contributed by atoms with van der Waals surface area (Å²) in [7, 11) is 0. The van der Waals surface area contributed by atoms with Gasteiger partial charge < -0.3 is 5.32 Å². The Morgan fingerprint density at radius 3 is 2.23 bits per heavy atom. The second kappa shape index (κ2) is 4.80. The van der Waals surface area contributed by atoms with E-state index in [1.165, 1.54) is 6.08 Å². The van der Waals surface area contributed by atoms with E-state index in [4.69, 9.17) is 0 Å². The lowest BCUT2D eigenvalue weighted by Crippen LogP contribution is -2.34. The molecule has 0 rings (SSSR count). The Labute approximate surface area is 79.2 Å². The number of carbonyl (C=O) groups is 2. The average molecular weight is 183 g/mol. The minimum Gasteiger partial charge on any atom is -0.345 e. The van der Waals surface area contributed by atoms with E-state index in [-0.39, 0.29) is 23.7 Å². The van der Waals surface area contributed by atoms with Crippen LogP contribution < -0.4 is 5.32 Å². The van der Waals surface area contributed by atoms with Crippen molar-refractivity contribution in [2.24, 2.45) is 5.41 Å². The number of Topliss-reactive ketones (excluding diaryl/α,β-unsaturated/α-hetero) is 1. The maximum absolute atomic E-state index is 11.3. The van der Waals surface area contributed by atoms with Crippen molar-refractivity contribution in [3.8, 4) is 0 Å². The van der Waals surface area contributed by atoms with Crippen molar-refractivity contribution < 1.29 is 9.59 Å². The SMILES string of the molecule is C/C=C\C(=O)NCC(=O)C(C)(C)C. The zero-order chi connectivity index (χ0) is 10.5. The molecule has 0 saturated heterocycles. The first kappa shape index (κ1) is 11.9. The van der Waals surface area contributed by atoms with E-state index in [0.717, 1.165) is 0 Å². The third-order valence-corrected chi connectivity index (χ3v) is 1.58. The molecule has 0 bridgehead atoms. The highest BCUT2D eigenvalue weighted by Crippen LogP contribution is 2.13. The number of carbonyl (C=O) groups excluding carboxylic acids is 2. The number of hydrogen-bond donors (Lipinski definition) is 1. The van der Waals surface area contributed by atoms with Crippen molar-refractivity contribution in [3.63, 3.8) is 0 Å². The molecule has 0 atom stereocenters. The fourth-order valence-corrected chi connectivity index (χ4v) is 0.643. The molecule has 3 heteroatoms. The Morgan fingerprint density at radius 2 is 1.85 bits per heavy atom. The van der Waals surface area contributed by atoms with Crippen LogP contribution in [-0.2, 0) is 9.59 Å². The first-order valence-corrected chi connectivity index (χ1v) is 4.31.